The number of aromatic nitrogens is 3. The minimum atomic E-state index is -0.272. The molecule has 0 aliphatic rings. The first-order chi connectivity index (χ1) is 11.0. The second-order valence-electron chi connectivity index (χ2n) is 5.19. The molecule has 6 nitrogen and oxygen atoms in total. The summed E-state index contributed by atoms with van der Waals surface area (Å²) in [5, 5.41) is 3.29. The summed E-state index contributed by atoms with van der Waals surface area (Å²) in [4.78, 5) is 34.5. The number of aryl methyl sites for hydroxylation is 3. The van der Waals surface area contributed by atoms with Crippen LogP contribution in [-0.4, -0.2) is 20.4 Å². The van der Waals surface area contributed by atoms with Crippen LogP contribution in [0.3, 0.4) is 0 Å². The third-order valence-electron chi connectivity index (χ3n) is 3.59. The average Bonchev–Trinajstić information content (AvgIpc) is 2.85. The molecule has 23 heavy (non-hydrogen) atoms. The van der Waals surface area contributed by atoms with Gasteiger partial charge >= 0.3 is 0 Å². The molecule has 0 unspecified atom stereocenters. The summed E-state index contributed by atoms with van der Waals surface area (Å²) in [5.74, 6) is 0.219. The molecule has 0 radical (unpaired) electrons. The van der Waals surface area contributed by atoms with Crippen LogP contribution in [0.5, 0.6) is 0 Å². The molecule has 0 spiro atoms. The smallest absolute Gasteiger partial charge is 0.267 e. The molecule has 3 rings (SSSR count). The third-order valence-corrected chi connectivity index (χ3v) is 4.79. The van der Waals surface area contributed by atoms with E-state index in [-0.39, 0.29) is 11.5 Å². The second kappa shape index (κ2) is 5.92. The van der Waals surface area contributed by atoms with Gasteiger partial charge in [0, 0.05) is 12.2 Å². The fourth-order valence-electron chi connectivity index (χ4n) is 2.39. The lowest BCUT2D eigenvalue weighted by atomic mass is 10.2. The van der Waals surface area contributed by atoms with Crippen molar-refractivity contribution in [3.05, 3.63) is 51.0 Å². The number of nitrogens with zero attached hydrogens (tertiary/aromatic N) is 3. The Kier molecular flexibility index (Phi) is 3.96. The highest BCUT2D eigenvalue weighted by Crippen LogP contribution is 2.27. The Labute approximate surface area is 136 Å². The van der Waals surface area contributed by atoms with Crippen molar-refractivity contribution in [3.8, 4) is 0 Å². The fraction of sp³-hybridized carbons (Fsp3) is 0.250. The Morgan fingerprint density at radius 1 is 1.35 bits per heavy atom. The number of thiophene rings is 1. The molecule has 118 valence electrons. The first-order valence-electron chi connectivity index (χ1n) is 7.24. The number of fused-ring (bicyclic) bond motifs is 1. The van der Waals surface area contributed by atoms with E-state index in [9.17, 15) is 9.59 Å². The van der Waals surface area contributed by atoms with Crippen molar-refractivity contribution < 1.29 is 4.79 Å². The van der Waals surface area contributed by atoms with Crippen LogP contribution in [0.25, 0.3) is 10.2 Å². The quantitative estimate of drug-likeness (QED) is 0.802. The molecule has 1 amide bonds. The van der Waals surface area contributed by atoms with Gasteiger partial charge in [0.15, 0.2) is 0 Å². The Morgan fingerprint density at radius 2 is 2.13 bits per heavy atom. The van der Waals surface area contributed by atoms with Gasteiger partial charge in [0.25, 0.3) is 11.5 Å². The van der Waals surface area contributed by atoms with E-state index in [0.717, 1.165) is 5.69 Å². The highest BCUT2D eigenvalue weighted by molar-refractivity contribution is 7.20. The van der Waals surface area contributed by atoms with Crippen LogP contribution in [0.15, 0.2) is 29.3 Å². The number of pyridine rings is 1. The van der Waals surface area contributed by atoms with E-state index < -0.39 is 0 Å². The number of anilines is 1. The highest BCUT2D eigenvalue weighted by atomic mass is 32.1. The van der Waals surface area contributed by atoms with Crippen LogP contribution in [0, 0.1) is 13.8 Å². The van der Waals surface area contributed by atoms with E-state index in [2.05, 4.69) is 15.3 Å². The maximum Gasteiger partial charge on any atom is 0.267 e. The predicted molar refractivity (Wildman–Crippen MR) is 91.2 cm³/mol. The standard InChI is InChI=1S/C16H16N4O2S/c1-4-20-8-17-15-12(16(20)22)10(3)13(23-15)14(21)19-11-7-5-6-9(2)18-11/h5-8H,4H2,1-3H3,(H,18,19,21). The molecular formula is C16H16N4O2S. The van der Waals surface area contributed by atoms with Gasteiger partial charge in [-0.05, 0) is 38.5 Å². The van der Waals surface area contributed by atoms with Crippen molar-refractivity contribution in [2.75, 3.05) is 5.32 Å². The monoisotopic (exact) mass is 328 g/mol. The molecule has 3 aromatic heterocycles. The number of rotatable bonds is 3. The van der Waals surface area contributed by atoms with Gasteiger partial charge in [0.2, 0.25) is 0 Å². The number of nitrogens with one attached hydrogen (secondary N) is 1. The van der Waals surface area contributed by atoms with Crippen molar-refractivity contribution in [1.29, 1.82) is 0 Å². The molecule has 0 saturated heterocycles. The predicted octanol–water partition coefficient (Wildman–Crippen LogP) is 2.74. The summed E-state index contributed by atoms with van der Waals surface area (Å²) in [6, 6.07) is 5.42. The lowest BCUT2D eigenvalue weighted by Gasteiger charge is -2.04. The zero-order valence-electron chi connectivity index (χ0n) is 13.1. The SMILES string of the molecule is CCn1cnc2sc(C(=O)Nc3cccc(C)n3)c(C)c2c1=O. The molecule has 0 aliphatic heterocycles. The molecule has 7 heteroatoms. The summed E-state index contributed by atoms with van der Waals surface area (Å²) in [5.41, 5.74) is 1.37. The number of hydrogen-bond acceptors (Lipinski definition) is 5. The van der Waals surface area contributed by atoms with E-state index >= 15 is 0 Å². The van der Waals surface area contributed by atoms with Crippen LogP contribution in [0.1, 0.15) is 27.9 Å². The van der Waals surface area contributed by atoms with E-state index in [1.165, 1.54) is 22.2 Å². The normalized spacial score (nSPS) is 10.9. The maximum atomic E-state index is 12.5. The van der Waals surface area contributed by atoms with Crippen molar-refractivity contribution >= 4 is 33.3 Å². The number of carbonyl (C=O) groups excluding carboxylic acids is 1. The number of hydrogen-bond donors (Lipinski definition) is 1. The van der Waals surface area contributed by atoms with Crippen LogP contribution < -0.4 is 10.9 Å². The van der Waals surface area contributed by atoms with Crippen molar-refractivity contribution in [1.82, 2.24) is 14.5 Å². The summed E-state index contributed by atoms with van der Waals surface area (Å²) in [6.07, 6.45) is 1.52. The Hall–Kier alpha value is -2.54. The van der Waals surface area contributed by atoms with Crippen molar-refractivity contribution in [2.45, 2.75) is 27.3 Å². The fourth-order valence-corrected chi connectivity index (χ4v) is 3.42. The van der Waals surface area contributed by atoms with Gasteiger partial charge in [-0.15, -0.1) is 11.3 Å². The zero-order chi connectivity index (χ0) is 16.6. The minimum Gasteiger partial charge on any atom is -0.306 e. The van der Waals surface area contributed by atoms with E-state index in [4.69, 9.17) is 0 Å². The number of amides is 1. The van der Waals surface area contributed by atoms with Gasteiger partial charge < -0.3 is 5.32 Å². The zero-order valence-corrected chi connectivity index (χ0v) is 13.9. The molecule has 0 saturated carbocycles. The average molecular weight is 328 g/mol. The maximum absolute atomic E-state index is 12.5. The third kappa shape index (κ3) is 2.75. The molecule has 1 N–H and O–H groups in total. The van der Waals surface area contributed by atoms with E-state index in [1.807, 2.05) is 26.0 Å². The largest absolute Gasteiger partial charge is 0.306 e. The molecule has 3 heterocycles. The van der Waals surface area contributed by atoms with Gasteiger partial charge in [-0.25, -0.2) is 9.97 Å². The minimum absolute atomic E-state index is 0.112. The van der Waals surface area contributed by atoms with Gasteiger partial charge in [-0.3, -0.25) is 14.2 Å². The number of carbonyl (C=O) groups is 1. The summed E-state index contributed by atoms with van der Waals surface area (Å²) < 4.78 is 1.53. The lowest BCUT2D eigenvalue weighted by Crippen LogP contribution is -2.19. The van der Waals surface area contributed by atoms with Crippen LogP contribution in [0.4, 0.5) is 5.82 Å². The Balaban J connectivity index is 2.03. The molecule has 0 aliphatic carbocycles. The van der Waals surface area contributed by atoms with Gasteiger partial charge in [-0.1, -0.05) is 6.07 Å². The summed E-state index contributed by atoms with van der Waals surface area (Å²) in [6.45, 7) is 6.07. The second-order valence-corrected chi connectivity index (χ2v) is 6.19. The molecule has 0 aromatic carbocycles. The molecular weight excluding hydrogens is 312 g/mol. The highest BCUT2D eigenvalue weighted by Gasteiger charge is 2.19. The van der Waals surface area contributed by atoms with Crippen molar-refractivity contribution in [3.63, 3.8) is 0 Å². The van der Waals surface area contributed by atoms with Crippen LogP contribution in [-0.2, 0) is 6.54 Å². The lowest BCUT2D eigenvalue weighted by molar-refractivity contribution is 0.102. The van der Waals surface area contributed by atoms with Gasteiger partial charge in [0.05, 0.1) is 16.6 Å². The summed E-state index contributed by atoms with van der Waals surface area (Å²) in [7, 11) is 0. The first kappa shape index (κ1) is 15.4. The van der Waals surface area contributed by atoms with E-state index in [0.29, 0.717) is 33.0 Å². The Morgan fingerprint density at radius 3 is 2.83 bits per heavy atom. The first-order valence-corrected chi connectivity index (χ1v) is 8.06. The molecule has 3 aromatic rings. The van der Waals surface area contributed by atoms with Crippen LogP contribution in [0.2, 0.25) is 0 Å². The van der Waals surface area contributed by atoms with E-state index in [1.54, 1.807) is 13.0 Å². The van der Waals surface area contributed by atoms with Crippen LogP contribution >= 0.6 is 11.3 Å². The molecule has 0 atom stereocenters. The van der Waals surface area contributed by atoms with Gasteiger partial charge in [-0.2, -0.15) is 0 Å². The van der Waals surface area contributed by atoms with Crippen molar-refractivity contribution in [2.24, 2.45) is 0 Å². The van der Waals surface area contributed by atoms with Gasteiger partial charge in [0.1, 0.15) is 10.6 Å². The summed E-state index contributed by atoms with van der Waals surface area (Å²) >= 11 is 1.22. The molecule has 0 bridgehead atoms. The molecule has 0 fully saturated rings. The topological polar surface area (TPSA) is 76.9 Å². The Bertz CT molecular complexity index is 958.